The van der Waals surface area contributed by atoms with E-state index in [-0.39, 0.29) is 145 Å². The van der Waals surface area contributed by atoms with Gasteiger partial charge >= 0.3 is 5.97 Å². The van der Waals surface area contributed by atoms with Crippen molar-refractivity contribution in [2.45, 2.75) is 328 Å². The number of thioether (sulfide) groups is 1. The largest absolute Gasteiger partial charge is 0.468 e. The molecule has 0 radical (unpaired) electrons. The standard InChI is InChI=1S/C15H32N4O.2C15H28N2O2.C14H26N2OS.C14H28N2O.C12H22N2O3.2C12H24N2O2/c1-15(2)7-8-19(14(20)13(11-15)16-3)12-18(6)10-9-17(4)5;1-15(2)6-7-17(14(18)13(10-15)16-3)11-12-4-8-19-9-5-12;1-15(2)6-7-17(14(18)13(9-15)16-3)10-12-5-4-8-19-11-12;1-14(2)5-6-16(9-11-4-7-18-10-11)13(17)12(8-14)15-3;1-13(2,3)10-16-8-7-14(4,5)9-11(15-6)12(16)17;1-12(2)5-6-14(8-10(15)17-4)11(16)9(7-12)13-3;1-9(15)8-14-6-5-12(2,3)7-10(13-4)11(14)16;1-12(2)5-6-14(7-8-16-4)11(15)10(9-12)13-3/h13,16H,7-12H2,1-6H3;2*12-13,16H,4-11H2,1-3H3;11-12,15H,4-10H2,1-3H3;11,15H,7-10H2,1-6H3;9,13H,5-8H2,1-4H3;9-10,13,15H,5-8H2,1-4H3;10,13H,5-9H2,1-4H3. The van der Waals surface area contributed by atoms with Crippen LogP contribution >= 0.6 is 11.8 Å². The Bertz CT molecular complexity index is 3650. The lowest BCUT2D eigenvalue weighted by atomic mass is 9.83. The van der Waals surface area contributed by atoms with Crippen LogP contribution < -0.4 is 42.5 Å². The van der Waals surface area contributed by atoms with Crippen LogP contribution in [-0.2, 0) is 62.1 Å². The van der Waals surface area contributed by atoms with E-state index in [2.05, 4.69) is 224 Å². The molecule has 0 aliphatic carbocycles. The van der Waals surface area contributed by atoms with Crippen molar-refractivity contribution in [3.8, 4) is 0 Å². The molecule has 142 heavy (non-hydrogen) atoms. The number of hydrogen-bond acceptors (Lipinski definition) is 25. The Morgan fingerprint density at radius 3 is 1.04 bits per heavy atom. The lowest BCUT2D eigenvalue weighted by Crippen LogP contribution is -2.48. The minimum atomic E-state index is -0.456. The van der Waals surface area contributed by atoms with E-state index in [1.807, 2.05) is 75.8 Å². The molecule has 11 fully saturated rings. The third-order valence-corrected chi connectivity index (χ3v) is 32.1. The van der Waals surface area contributed by atoms with Gasteiger partial charge in [0.1, 0.15) is 6.54 Å². The number of aliphatic hydroxyl groups excluding tert-OH is 1. The fourth-order valence-corrected chi connectivity index (χ4v) is 22.1. The third kappa shape index (κ3) is 47.5. The number of methoxy groups -OCH3 is 2. The molecule has 11 aliphatic rings. The molecule has 32 nitrogen and oxygen atoms in total. The van der Waals surface area contributed by atoms with E-state index in [1.54, 1.807) is 30.9 Å². The second kappa shape index (κ2) is 61.4. The normalized spacial score (nSPS) is 27.7. The summed E-state index contributed by atoms with van der Waals surface area (Å²) in [4.78, 5) is 130. The molecule has 33 heteroatoms. The highest BCUT2D eigenvalue weighted by Gasteiger charge is 2.44. The van der Waals surface area contributed by atoms with E-state index < -0.39 is 6.10 Å². The molecule has 11 heterocycles. The van der Waals surface area contributed by atoms with Gasteiger partial charge in [-0.25, -0.2) is 0 Å². The van der Waals surface area contributed by atoms with Crippen molar-refractivity contribution in [1.29, 1.82) is 0 Å². The third-order valence-electron chi connectivity index (χ3n) is 30.8. The smallest absolute Gasteiger partial charge is 0.325 e. The van der Waals surface area contributed by atoms with Crippen molar-refractivity contribution < 1.29 is 67.2 Å². The first-order valence-corrected chi connectivity index (χ1v) is 55.3. The van der Waals surface area contributed by atoms with Gasteiger partial charge in [0.05, 0.1) is 81.4 Å². The maximum atomic E-state index is 12.6. The molecule has 11 rings (SSSR count). The SMILES string of the molecule is CNC1CC(C)(C)CCN(CC(=O)OC)C1=O.CNC1CC(C)(C)CCN(CC(C)(C)C)C1=O.CNC1CC(C)(C)CCN(CC(C)O)C1=O.CNC1CC(C)(C)CCN(CC2CCCOC2)C1=O.CNC1CC(C)(C)CCN(CC2CCOCC2)C1=O.CNC1CC(C)(C)CCN(CC2CCSC2)C1=O.CNC1CC(C)(C)CCN(CCOC)C1=O.CNC1CC(C)(C)CCN(CN(C)CCN(C)C)C1=O. The summed E-state index contributed by atoms with van der Waals surface area (Å²) >= 11 is 2.03. The minimum Gasteiger partial charge on any atom is -0.468 e. The molecule has 11 aliphatic heterocycles. The van der Waals surface area contributed by atoms with E-state index in [0.29, 0.717) is 49.9 Å². The monoisotopic (exact) mass is 2030 g/mol. The van der Waals surface area contributed by atoms with Gasteiger partial charge in [0.15, 0.2) is 0 Å². The number of esters is 1. The van der Waals surface area contributed by atoms with Crippen LogP contribution in [0.1, 0.15) is 273 Å². The Morgan fingerprint density at radius 2 is 0.718 bits per heavy atom. The number of carbonyl (C=O) groups is 9. The first-order chi connectivity index (χ1) is 66.2. The Morgan fingerprint density at radius 1 is 0.408 bits per heavy atom. The average Bonchev–Trinajstić information content (AvgIpc) is 1.68. The predicted octanol–water partition coefficient (Wildman–Crippen LogP) is 10.1. The van der Waals surface area contributed by atoms with Crippen LogP contribution in [0.2, 0.25) is 0 Å². The summed E-state index contributed by atoms with van der Waals surface area (Å²) in [5, 5.41) is 34.6. The van der Waals surface area contributed by atoms with Crippen LogP contribution in [0, 0.1) is 66.5 Å². The van der Waals surface area contributed by atoms with Gasteiger partial charge in [0.2, 0.25) is 47.3 Å². The number of hydrogen-bond donors (Lipinski definition) is 9. The molecule has 0 saturated carbocycles. The van der Waals surface area contributed by atoms with Gasteiger partial charge in [-0.2, -0.15) is 11.8 Å². The van der Waals surface area contributed by atoms with Gasteiger partial charge in [-0.1, -0.05) is 132 Å². The Balaban J connectivity index is 0.000000339. The van der Waals surface area contributed by atoms with Crippen LogP contribution in [0.25, 0.3) is 0 Å². The number of rotatable bonds is 27. The number of carbonyl (C=O) groups excluding carboxylic acids is 9. The van der Waals surface area contributed by atoms with Crippen LogP contribution in [0.5, 0.6) is 0 Å². The summed E-state index contributed by atoms with van der Waals surface area (Å²) in [6.45, 7) is 62.2. The highest BCUT2D eigenvalue weighted by Crippen LogP contribution is 2.40. The van der Waals surface area contributed by atoms with Crippen LogP contribution in [0.4, 0.5) is 0 Å². The van der Waals surface area contributed by atoms with Crippen molar-refractivity contribution in [3.63, 3.8) is 0 Å². The number of likely N-dealkylation sites (N-methyl/N-ethyl adjacent to an activating group) is 10. The van der Waals surface area contributed by atoms with Crippen molar-refractivity contribution in [2.24, 2.45) is 66.5 Å². The van der Waals surface area contributed by atoms with E-state index >= 15 is 0 Å². The highest BCUT2D eigenvalue weighted by atomic mass is 32.2. The summed E-state index contributed by atoms with van der Waals surface area (Å²) in [6.07, 6.45) is 21.0. The van der Waals surface area contributed by atoms with E-state index in [4.69, 9.17) is 14.2 Å². The number of amides is 8. The topological polar surface area (TPSA) is 339 Å². The molecule has 9 N–H and O–H groups in total. The molecule has 0 aromatic heterocycles. The number of likely N-dealkylation sites (tertiary alicyclic amines) is 8. The zero-order chi connectivity index (χ0) is 107. The van der Waals surface area contributed by atoms with Gasteiger partial charge < -0.3 is 111 Å². The number of ether oxygens (including phenoxy) is 4. The zero-order valence-corrected chi connectivity index (χ0v) is 96.9. The van der Waals surface area contributed by atoms with Crippen molar-refractivity contribution in [1.82, 2.24) is 91.5 Å². The molecular weight excluding hydrogens is 1820 g/mol. The van der Waals surface area contributed by atoms with Gasteiger partial charge in [-0.3, -0.25) is 48.1 Å². The van der Waals surface area contributed by atoms with Gasteiger partial charge in [0, 0.05) is 132 Å². The van der Waals surface area contributed by atoms with Crippen LogP contribution in [0.3, 0.4) is 0 Å². The summed E-state index contributed by atoms with van der Waals surface area (Å²) in [5.74, 6) is 5.73. The van der Waals surface area contributed by atoms with E-state index in [9.17, 15) is 48.3 Å². The lowest BCUT2D eigenvalue weighted by molar-refractivity contribution is -0.147. The Hall–Kier alpha value is -4.98. The van der Waals surface area contributed by atoms with Gasteiger partial charge in [-0.05, 0) is 297 Å². The highest BCUT2D eigenvalue weighted by molar-refractivity contribution is 7.99. The second-order valence-electron chi connectivity index (χ2n) is 50.6. The van der Waals surface area contributed by atoms with Crippen molar-refractivity contribution >= 4 is 65.0 Å². The summed E-state index contributed by atoms with van der Waals surface area (Å²) in [5.41, 5.74) is 1.90. The molecule has 828 valence electrons. The van der Waals surface area contributed by atoms with Crippen molar-refractivity contribution in [2.75, 3.05) is 254 Å². The molecule has 0 aromatic rings. The molecule has 11 saturated heterocycles. The molecule has 0 bridgehead atoms. The summed E-state index contributed by atoms with van der Waals surface area (Å²) in [6, 6.07) is -0.469. The number of β-amino-alcohol motifs (C(OH)–C–C–N with tert-alkyl or cyclic N) is 1. The van der Waals surface area contributed by atoms with Crippen LogP contribution in [0.15, 0.2) is 0 Å². The Kier molecular flexibility index (Phi) is 55.9. The maximum absolute atomic E-state index is 12.6. The predicted molar refractivity (Wildman–Crippen MR) is 578 cm³/mol. The fourth-order valence-electron chi connectivity index (χ4n) is 20.9. The summed E-state index contributed by atoms with van der Waals surface area (Å²) in [7, 11) is 24.2. The molecule has 0 spiro atoms. The number of aliphatic hydroxyl groups is 1. The van der Waals surface area contributed by atoms with Crippen LogP contribution in [-0.4, -0.2) is 416 Å². The van der Waals surface area contributed by atoms with E-state index in [0.717, 1.165) is 246 Å². The average molecular weight is 2030 g/mol. The number of nitrogens with zero attached hydrogens (tertiary/aromatic N) is 10. The number of nitrogens with one attached hydrogen (secondary N) is 8. The first kappa shape index (κ1) is 129. The maximum Gasteiger partial charge on any atom is 0.325 e. The Labute approximate surface area is 867 Å². The molecular formula is C109H212N18O14S. The molecule has 0 aromatic carbocycles. The zero-order valence-electron chi connectivity index (χ0n) is 96.1. The van der Waals surface area contributed by atoms with Gasteiger partial charge in [-0.15, -0.1) is 0 Å². The molecule has 11 unspecified atom stereocenters. The van der Waals surface area contributed by atoms with Gasteiger partial charge in [0.25, 0.3) is 0 Å². The fraction of sp³-hybridized carbons (Fsp3) is 0.917. The minimum absolute atomic E-state index is 0.0107. The quantitative estimate of drug-likeness (QED) is 0.0345. The van der Waals surface area contributed by atoms with Crippen molar-refractivity contribution in [3.05, 3.63) is 0 Å². The van der Waals surface area contributed by atoms with E-state index in [1.165, 1.54) is 31.5 Å². The first-order valence-electron chi connectivity index (χ1n) is 54.2. The summed E-state index contributed by atoms with van der Waals surface area (Å²) < 4.78 is 20.6. The molecule has 8 amide bonds. The molecule has 11 atom stereocenters. The second-order valence-corrected chi connectivity index (χ2v) is 51.8. The lowest BCUT2D eigenvalue weighted by Gasteiger charge is -2.30.